The standard InChI is InChI=1S/C25H22N4O3/c1-16-11-18-7-8-19(12-21(18)26-16)27-25(31)28-20-9-10-22-23(13-20)32-15-24(30)29(22)14-17-5-3-2-4-6-17/h2-13,26H,14-15H2,1H3,(H2,27,28,31). The molecule has 5 rings (SSSR count). The average molecular weight is 426 g/mol. The molecule has 3 amide bonds. The maximum absolute atomic E-state index is 12.5. The molecule has 3 N–H and O–H groups in total. The van der Waals surface area contributed by atoms with Gasteiger partial charge in [0.25, 0.3) is 5.91 Å². The van der Waals surface area contributed by atoms with Crippen LogP contribution in [0.4, 0.5) is 21.9 Å². The van der Waals surface area contributed by atoms with E-state index in [1.165, 1.54) is 0 Å². The molecule has 0 unspecified atom stereocenters. The second-order valence-corrected chi connectivity index (χ2v) is 7.77. The molecule has 2 heterocycles. The zero-order valence-corrected chi connectivity index (χ0v) is 17.5. The van der Waals surface area contributed by atoms with E-state index in [0.29, 0.717) is 29.4 Å². The van der Waals surface area contributed by atoms with Gasteiger partial charge >= 0.3 is 6.03 Å². The maximum atomic E-state index is 12.5. The monoisotopic (exact) mass is 426 g/mol. The Morgan fingerprint density at radius 1 is 1.00 bits per heavy atom. The van der Waals surface area contributed by atoms with Gasteiger partial charge in [-0.1, -0.05) is 36.4 Å². The van der Waals surface area contributed by atoms with Gasteiger partial charge in [-0.25, -0.2) is 4.79 Å². The fourth-order valence-corrected chi connectivity index (χ4v) is 3.86. The van der Waals surface area contributed by atoms with Gasteiger partial charge in [-0.05, 0) is 48.2 Å². The number of hydrogen-bond acceptors (Lipinski definition) is 3. The van der Waals surface area contributed by atoms with Crippen molar-refractivity contribution in [3.05, 3.63) is 84.1 Å². The number of fused-ring (bicyclic) bond motifs is 2. The highest BCUT2D eigenvalue weighted by atomic mass is 16.5. The topological polar surface area (TPSA) is 86.5 Å². The third-order valence-electron chi connectivity index (χ3n) is 5.36. The molecular formula is C25H22N4O3. The molecule has 0 spiro atoms. The van der Waals surface area contributed by atoms with Crippen molar-refractivity contribution in [2.24, 2.45) is 0 Å². The van der Waals surface area contributed by atoms with Crippen molar-refractivity contribution in [1.82, 2.24) is 4.98 Å². The number of rotatable bonds is 4. The summed E-state index contributed by atoms with van der Waals surface area (Å²) in [5, 5.41) is 6.76. The Hall–Kier alpha value is -4.26. The van der Waals surface area contributed by atoms with Crippen molar-refractivity contribution in [1.29, 1.82) is 0 Å². The van der Waals surface area contributed by atoms with Gasteiger partial charge in [0.15, 0.2) is 6.61 Å². The van der Waals surface area contributed by atoms with Gasteiger partial charge in [0.05, 0.1) is 12.2 Å². The van der Waals surface area contributed by atoms with Crippen LogP contribution in [0.2, 0.25) is 0 Å². The van der Waals surface area contributed by atoms with Gasteiger partial charge < -0.3 is 25.3 Å². The number of carbonyl (C=O) groups excluding carboxylic acids is 2. The lowest BCUT2D eigenvalue weighted by molar-refractivity contribution is -0.121. The summed E-state index contributed by atoms with van der Waals surface area (Å²) < 4.78 is 5.63. The van der Waals surface area contributed by atoms with E-state index in [9.17, 15) is 9.59 Å². The second kappa shape index (κ2) is 8.11. The Labute approximate surface area is 185 Å². The number of H-pyrrole nitrogens is 1. The number of carbonyl (C=O) groups is 2. The predicted molar refractivity (Wildman–Crippen MR) is 125 cm³/mol. The normalized spacial score (nSPS) is 12.9. The highest BCUT2D eigenvalue weighted by Crippen LogP contribution is 2.35. The predicted octanol–water partition coefficient (Wildman–Crippen LogP) is 5.05. The summed E-state index contributed by atoms with van der Waals surface area (Å²) >= 11 is 0. The number of aryl methyl sites for hydroxylation is 1. The molecule has 0 aliphatic carbocycles. The fraction of sp³-hybridized carbons (Fsp3) is 0.120. The fourth-order valence-electron chi connectivity index (χ4n) is 3.86. The number of nitrogens with one attached hydrogen (secondary N) is 3. The van der Waals surface area contributed by atoms with Crippen LogP contribution in [0.15, 0.2) is 72.8 Å². The second-order valence-electron chi connectivity index (χ2n) is 7.77. The van der Waals surface area contributed by atoms with Crippen LogP contribution < -0.4 is 20.3 Å². The lowest BCUT2D eigenvalue weighted by Crippen LogP contribution is -2.38. The van der Waals surface area contributed by atoms with E-state index in [0.717, 1.165) is 22.2 Å². The minimum atomic E-state index is -0.361. The molecule has 32 heavy (non-hydrogen) atoms. The highest BCUT2D eigenvalue weighted by molar-refractivity contribution is 6.02. The van der Waals surface area contributed by atoms with Crippen LogP contribution in [0.1, 0.15) is 11.3 Å². The number of hydrogen-bond donors (Lipinski definition) is 3. The van der Waals surface area contributed by atoms with Gasteiger partial charge in [-0.2, -0.15) is 0 Å². The van der Waals surface area contributed by atoms with E-state index in [-0.39, 0.29) is 18.5 Å². The zero-order valence-electron chi connectivity index (χ0n) is 17.5. The van der Waals surface area contributed by atoms with Crippen LogP contribution in [-0.2, 0) is 11.3 Å². The smallest absolute Gasteiger partial charge is 0.323 e. The van der Waals surface area contributed by atoms with Crippen LogP contribution in [0.5, 0.6) is 5.75 Å². The van der Waals surface area contributed by atoms with E-state index in [1.54, 1.807) is 23.1 Å². The molecule has 7 heteroatoms. The zero-order chi connectivity index (χ0) is 22.1. The third kappa shape index (κ3) is 4.00. The Balaban J connectivity index is 1.30. The number of nitrogens with zero attached hydrogens (tertiary/aromatic N) is 1. The van der Waals surface area contributed by atoms with Crippen LogP contribution in [0, 0.1) is 6.92 Å². The Morgan fingerprint density at radius 2 is 1.75 bits per heavy atom. The molecule has 0 saturated carbocycles. The largest absolute Gasteiger partial charge is 0.481 e. The first-order valence-corrected chi connectivity index (χ1v) is 10.3. The number of aromatic amines is 1. The molecule has 0 bridgehead atoms. The van der Waals surface area contributed by atoms with Crippen LogP contribution in [-0.4, -0.2) is 23.5 Å². The number of urea groups is 1. The number of anilines is 3. The first-order valence-electron chi connectivity index (χ1n) is 10.3. The lowest BCUT2D eigenvalue weighted by Gasteiger charge is -2.29. The first kappa shape index (κ1) is 19.7. The molecule has 0 atom stereocenters. The summed E-state index contributed by atoms with van der Waals surface area (Å²) in [4.78, 5) is 29.9. The SMILES string of the molecule is Cc1cc2ccc(NC(=O)Nc3ccc4c(c3)OCC(=O)N4Cc3ccccc3)cc2[nH]1. The van der Waals surface area contributed by atoms with Crippen molar-refractivity contribution >= 4 is 39.9 Å². The molecule has 0 radical (unpaired) electrons. The minimum absolute atomic E-state index is 0.0366. The van der Waals surface area contributed by atoms with Gasteiger partial charge in [-0.3, -0.25) is 4.79 Å². The number of amides is 3. The number of aromatic nitrogens is 1. The van der Waals surface area contributed by atoms with Crippen LogP contribution >= 0.6 is 0 Å². The quantitative estimate of drug-likeness (QED) is 0.427. The van der Waals surface area contributed by atoms with Crippen molar-refractivity contribution in [2.45, 2.75) is 13.5 Å². The van der Waals surface area contributed by atoms with Gasteiger partial charge in [0.1, 0.15) is 5.75 Å². The Bertz CT molecular complexity index is 1310. The van der Waals surface area contributed by atoms with Crippen molar-refractivity contribution in [3.63, 3.8) is 0 Å². The van der Waals surface area contributed by atoms with Crippen molar-refractivity contribution < 1.29 is 14.3 Å². The third-order valence-corrected chi connectivity index (χ3v) is 5.36. The number of benzene rings is 3. The van der Waals surface area contributed by atoms with E-state index in [4.69, 9.17) is 4.74 Å². The summed E-state index contributed by atoms with van der Waals surface area (Å²) in [5.41, 5.74) is 5.01. The van der Waals surface area contributed by atoms with Gasteiger partial charge in [0, 0.05) is 28.7 Å². The molecule has 0 fully saturated rings. The molecule has 3 aromatic carbocycles. The van der Waals surface area contributed by atoms with E-state index >= 15 is 0 Å². The molecule has 0 saturated heterocycles. The molecule has 4 aromatic rings. The van der Waals surface area contributed by atoms with Gasteiger partial charge in [0.2, 0.25) is 0 Å². The summed E-state index contributed by atoms with van der Waals surface area (Å²) in [5.74, 6) is 0.455. The first-order chi connectivity index (χ1) is 15.5. The summed E-state index contributed by atoms with van der Waals surface area (Å²) in [6.45, 7) is 2.42. The number of ether oxygens (including phenoxy) is 1. The van der Waals surface area contributed by atoms with E-state index in [2.05, 4.69) is 21.7 Å². The highest BCUT2D eigenvalue weighted by Gasteiger charge is 2.26. The Morgan fingerprint density at radius 3 is 2.56 bits per heavy atom. The summed E-state index contributed by atoms with van der Waals surface area (Å²) in [6, 6.07) is 22.5. The lowest BCUT2D eigenvalue weighted by atomic mass is 10.1. The average Bonchev–Trinajstić information content (AvgIpc) is 3.15. The molecule has 1 aromatic heterocycles. The molecule has 1 aliphatic rings. The summed E-state index contributed by atoms with van der Waals surface area (Å²) in [6.07, 6.45) is 0. The molecule has 1 aliphatic heterocycles. The summed E-state index contributed by atoms with van der Waals surface area (Å²) in [7, 11) is 0. The van der Waals surface area contributed by atoms with Crippen LogP contribution in [0.3, 0.4) is 0 Å². The maximum Gasteiger partial charge on any atom is 0.323 e. The molecule has 160 valence electrons. The molecular weight excluding hydrogens is 404 g/mol. The van der Waals surface area contributed by atoms with Crippen LogP contribution in [0.25, 0.3) is 10.9 Å². The van der Waals surface area contributed by atoms with E-state index in [1.807, 2.05) is 55.5 Å². The van der Waals surface area contributed by atoms with Crippen molar-refractivity contribution in [3.8, 4) is 5.75 Å². The molecule has 7 nitrogen and oxygen atoms in total. The Kier molecular flexibility index (Phi) is 4.99. The van der Waals surface area contributed by atoms with Gasteiger partial charge in [-0.15, -0.1) is 0 Å². The van der Waals surface area contributed by atoms with Crippen molar-refractivity contribution in [2.75, 3.05) is 22.1 Å². The minimum Gasteiger partial charge on any atom is -0.481 e. The van der Waals surface area contributed by atoms with E-state index < -0.39 is 0 Å².